The topological polar surface area (TPSA) is 157 Å². The zero-order chi connectivity index (χ0) is 28.4. The third-order valence-corrected chi connectivity index (χ3v) is 5.88. The van der Waals surface area contributed by atoms with Crippen molar-refractivity contribution in [3.8, 4) is 5.75 Å². The molecule has 3 rings (SSSR count). The average molecular weight is 672 g/mol. The first-order chi connectivity index (χ1) is 19.6. The SMILES string of the molecule is O=[N+]([O-])c1cc2c(Nc3cccc(I)c3)ncnc2cc1OCCOCCOCCOCCOCCOCCO. The van der Waals surface area contributed by atoms with Crippen molar-refractivity contribution in [3.63, 3.8) is 0 Å². The Morgan fingerprint density at radius 1 is 0.825 bits per heavy atom. The van der Waals surface area contributed by atoms with Crippen LogP contribution in [0.15, 0.2) is 42.7 Å². The summed E-state index contributed by atoms with van der Waals surface area (Å²) >= 11 is 2.21. The van der Waals surface area contributed by atoms with Gasteiger partial charge in [-0.3, -0.25) is 10.1 Å². The van der Waals surface area contributed by atoms with E-state index >= 15 is 0 Å². The normalized spacial score (nSPS) is 11.2. The van der Waals surface area contributed by atoms with Gasteiger partial charge < -0.3 is 38.8 Å². The molecule has 2 N–H and O–H groups in total. The number of rotatable bonds is 21. The second kappa shape index (κ2) is 18.6. The number of anilines is 2. The number of benzene rings is 2. The number of aliphatic hydroxyl groups excluding tert-OH is 1. The van der Waals surface area contributed by atoms with Gasteiger partial charge in [0.05, 0.1) is 88.5 Å². The van der Waals surface area contributed by atoms with E-state index in [2.05, 4.69) is 37.9 Å². The van der Waals surface area contributed by atoms with Crippen LogP contribution in [0.4, 0.5) is 17.2 Å². The summed E-state index contributed by atoms with van der Waals surface area (Å²) in [4.78, 5) is 19.8. The Labute approximate surface area is 245 Å². The van der Waals surface area contributed by atoms with Crippen molar-refractivity contribution < 1.29 is 38.5 Å². The summed E-state index contributed by atoms with van der Waals surface area (Å²) in [6, 6.07) is 10.7. The Balaban J connectivity index is 1.34. The van der Waals surface area contributed by atoms with E-state index in [0.29, 0.717) is 76.2 Å². The van der Waals surface area contributed by atoms with Crippen LogP contribution in [0.2, 0.25) is 0 Å². The second-order valence-corrected chi connectivity index (χ2v) is 9.33. The number of halogens is 1. The van der Waals surface area contributed by atoms with E-state index in [9.17, 15) is 10.1 Å². The first-order valence-electron chi connectivity index (χ1n) is 12.7. The van der Waals surface area contributed by atoms with Crippen molar-refractivity contribution in [2.45, 2.75) is 0 Å². The van der Waals surface area contributed by atoms with Crippen LogP contribution in [0.25, 0.3) is 10.9 Å². The molecule has 0 saturated heterocycles. The van der Waals surface area contributed by atoms with Crippen molar-refractivity contribution >= 4 is 50.7 Å². The fourth-order valence-electron chi connectivity index (χ4n) is 3.39. The third-order valence-electron chi connectivity index (χ3n) is 5.21. The van der Waals surface area contributed by atoms with Crippen molar-refractivity contribution in [2.24, 2.45) is 0 Å². The number of aromatic nitrogens is 2. The van der Waals surface area contributed by atoms with Crippen LogP contribution in [0.3, 0.4) is 0 Å². The molecule has 1 heterocycles. The molecule has 218 valence electrons. The molecule has 13 nitrogen and oxygen atoms in total. The van der Waals surface area contributed by atoms with Gasteiger partial charge in [-0.1, -0.05) is 6.07 Å². The van der Waals surface area contributed by atoms with Crippen LogP contribution < -0.4 is 10.1 Å². The monoisotopic (exact) mass is 672 g/mol. The second-order valence-electron chi connectivity index (χ2n) is 8.09. The van der Waals surface area contributed by atoms with Gasteiger partial charge >= 0.3 is 5.69 Å². The summed E-state index contributed by atoms with van der Waals surface area (Å²) in [6.07, 6.45) is 1.40. The molecule has 1 aromatic heterocycles. The molecule has 0 bridgehead atoms. The van der Waals surface area contributed by atoms with E-state index in [4.69, 9.17) is 33.5 Å². The molecule has 0 fully saturated rings. The lowest BCUT2D eigenvalue weighted by molar-refractivity contribution is -0.385. The minimum absolute atomic E-state index is 0.00295. The number of hydrogen-bond acceptors (Lipinski definition) is 12. The predicted molar refractivity (Wildman–Crippen MR) is 155 cm³/mol. The van der Waals surface area contributed by atoms with Crippen LogP contribution in [0.1, 0.15) is 0 Å². The van der Waals surface area contributed by atoms with Gasteiger partial charge in [0.15, 0.2) is 5.75 Å². The Morgan fingerprint density at radius 2 is 1.43 bits per heavy atom. The van der Waals surface area contributed by atoms with Crippen LogP contribution in [0.5, 0.6) is 5.75 Å². The lowest BCUT2D eigenvalue weighted by Gasteiger charge is -2.11. The molecule has 2 aromatic carbocycles. The van der Waals surface area contributed by atoms with Gasteiger partial charge in [-0.15, -0.1) is 0 Å². The predicted octanol–water partition coefficient (Wildman–Crippen LogP) is 3.34. The van der Waals surface area contributed by atoms with Gasteiger partial charge in [0.1, 0.15) is 18.8 Å². The first-order valence-corrected chi connectivity index (χ1v) is 13.7. The standard InChI is InChI=1S/C26H33IN4O9/c27-20-2-1-3-21(16-20)30-26-22-17-24(31(33)34)25(18-23(22)28-19-29-26)40-15-14-39-13-12-38-11-10-37-9-8-36-7-6-35-5-4-32/h1-3,16-19,32H,4-15H2,(H,28,29,30). The summed E-state index contributed by atoms with van der Waals surface area (Å²) in [5.41, 5.74) is 1.14. The molecule has 40 heavy (non-hydrogen) atoms. The lowest BCUT2D eigenvalue weighted by atomic mass is 10.2. The van der Waals surface area contributed by atoms with Crippen LogP contribution >= 0.6 is 22.6 Å². The molecule has 0 aliphatic heterocycles. The third kappa shape index (κ3) is 11.4. The summed E-state index contributed by atoms with van der Waals surface area (Å²) in [5.74, 6) is 0.569. The summed E-state index contributed by atoms with van der Waals surface area (Å²) in [7, 11) is 0. The summed E-state index contributed by atoms with van der Waals surface area (Å²) < 4.78 is 33.4. The minimum Gasteiger partial charge on any atom is -0.484 e. The fraction of sp³-hybridized carbons (Fsp3) is 0.462. The summed E-state index contributed by atoms with van der Waals surface area (Å²) in [6.45, 7) is 4.06. The number of fused-ring (bicyclic) bond motifs is 1. The maximum absolute atomic E-state index is 11.7. The number of nitro groups is 1. The number of aliphatic hydroxyl groups is 1. The van der Waals surface area contributed by atoms with E-state index in [1.807, 2.05) is 24.3 Å². The van der Waals surface area contributed by atoms with E-state index in [1.54, 1.807) is 0 Å². The fourth-order valence-corrected chi connectivity index (χ4v) is 3.93. The Kier molecular flexibility index (Phi) is 14.8. The van der Waals surface area contributed by atoms with Gasteiger partial charge in [0.2, 0.25) is 0 Å². The van der Waals surface area contributed by atoms with Gasteiger partial charge in [0, 0.05) is 21.4 Å². The Morgan fingerprint density at radius 3 is 2.00 bits per heavy atom. The number of ether oxygens (including phenoxy) is 6. The molecule has 0 aliphatic rings. The van der Waals surface area contributed by atoms with Crippen molar-refractivity contribution in [1.29, 1.82) is 0 Å². The molecule has 0 aliphatic carbocycles. The molecular weight excluding hydrogens is 639 g/mol. The van der Waals surface area contributed by atoms with Gasteiger partial charge in [-0.2, -0.15) is 0 Å². The molecule has 3 aromatic rings. The highest BCUT2D eigenvalue weighted by molar-refractivity contribution is 14.1. The molecule has 0 amide bonds. The van der Waals surface area contributed by atoms with Crippen LogP contribution in [-0.2, 0) is 23.7 Å². The van der Waals surface area contributed by atoms with Crippen molar-refractivity contribution in [3.05, 3.63) is 56.4 Å². The Hall–Kier alpha value is -2.73. The maximum Gasteiger partial charge on any atom is 0.311 e. The van der Waals surface area contributed by atoms with Crippen LogP contribution in [-0.4, -0.2) is 99.3 Å². The van der Waals surface area contributed by atoms with E-state index in [-0.39, 0.29) is 31.3 Å². The largest absolute Gasteiger partial charge is 0.484 e. The zero-order valence-electron chi connectivity index (χ0n) is 22.0. The highest BCUT2D eigenvalue weighted by Crippen LogP contribution is 2.34. The number of nitrogens with one attached hydrogen (secondary N) is 1. The molecular formula is C26H33IN4O9. The quantitative estimate of drug-likeness (QED) is 0.0738. The van der Waals surface area contributed by atoms with Gasteiger partial charge in [-0.05, 0) is 40.8 Å². The lowest BCUT2D eigenvalue weighted by Crippen LogP contribution is -2.14. The van der Waals surface area contributed by atoms with Crippen LogP contribution in [0, 0.1) is 13.7 Å². The zero-order valence-corrected chi connectivity index (χ0v) is 24.1. The molecule has 0 radical (unpaired) electrons. The minimum atomic E-state index is -0.492. The van der Waals surface area contributed by atoms with Gasteiger partial charge in [0.25, 0.3) is 0 Å². The molecule has 0 saturated carbocycles. The first kappa shape index (κ1) is 31.8. The van der Waals surface area contributed by atoms with E-state index < -0.39 is 4.92 Å². The van der Waals surface area contributed by atoms with Crippen molar-refractivity contribution in [2.75, 3.05) is 84.6 Å². The smallest absolute Gasteiger partial charge is 0.311 e. The molecule has 0 atom stereocenters. The highest BCUT2D eigenvalue weighted by Gasteiger charge is 2.19. The number of hydrogen-bond donors (Lipinski definition) is 2. The maximum atomic E-state index is 11.7. The summed E-state index contributed by atoms with van der Waals surface area (Å²) in [5, 5.41) is 24.0. The Bertz CT molecular complexity index is 1190. The van der Waals surface area contributed by atoms with Gasteiger partial charge in [-0.25, -0.2) is 9.97 Å². The number of nitro benzene ring substituents is 1. The molecule has 0 spiro atoms. The van der Waals surface area contributed by atoms with E-state index in [0.717, 1.165) is 9.26 Å². The number of nitrogens with zero attached hydrogens (tertiary/aromatic N) is 3. The highest BCUT2D eigenvalue weighted by atomic mass is 127. The van der Waals surface area contributed by atoms with E-state index in [1.165, 1.54) is 18.5 Å². The molecule has 14 heteroatoms. The molecule has 0 unspecified atom stereocenters. The average Bonchev–Trinajstić information content (AvgIpc) is 2.94. The van der Waals surface area contributed by atoms with Crippen molar-refractivity contribution in [1.82, 2.24) is 9.97 Å².